The molecule has 0 amide bonds. The van der Waals surface area contributed by atoms with Crippen LogP contribution in [0.15, 0.2) is 121 Å². The van der Waals surface area contributed by atoms with E-state index in [9.17, 15) is 0 Å². The standard InChI is InChI=1S/C28H25.Li/c1-5-13-23(14-6-1)27(24-15-7-2-8-16-24)21-22-28(25-17-9-3-10-18-25)26-19-11-4-12-20-26;/h1-20,27H,21-22H2;. The van der Waals surface area contributed by atoms with Gasteiger partial charge in [-0.05, 0) is 0 Å². The predicted molar refractivity (Wildman–Crippen MR) is 123 cm³/mol. The van der Waals surface area contributed by atoms with Gasteiger partial charge in [0.25, 0.3) is 0 Å². The molecule has 0 aromatic heterocycles. The molecule has 0 heterocycles. The molecule has 0 radical (unpaired) electrons. The van der Waals surface area contributed by atoms with Crippen LogP contribution in [0.4, 0.5) is 0 Å². The van der Waals surface area contributed by atoms with Crippen LogP contribution in [0.1, 0.15) is 41.0 Å². The first-order chi connectivity index (χ1) is 14.3. The molecule has 1 heteroatoms. The first-order valence-electron chi connectivity index (χ1n) is 10.5. The van der Waals surface area contributed by atoms with E-state index >= 15 is 0 Å². The Morgan fingerprint density at radius 3 is 1.24 bits per heavy atom. The van der Waals surface area contributed by atoms with Crippen molar-refractivity contribution < 1.29 is 0 Å². The maximum absolute atomic E-state index is 2.39. The van der Waals surface area contributed by atoms with Crippen LogP contribution in [-0.2, 0) is 4.09 Å². The van der Waals surface area contributed by atoms with E-state index in [1.54, 1.807) is 0 Å². The second-order valence-electron chi connectivity index (χ2n) is 7.98. The van der Waals surface area contributed by atoms with Gasteiger partial charge in [-0.25, -0.2) is 0 Å². The second kappa shape index (κ2) is 9.32. The minimum atomic E-state index is -0.0235. The average Bonchev–Trinajstić information content (AvgIpc) is 2.81. The summed E-state index contributed by atoms with van der Waals surface area (Å²) in [5.41, 5.74) is 5.54. The molecule has 0 unspecified atom stereocenters. The van der Waals surface area contributed by atoms with Crippen molar-refractivity contribution in [1.29, 1.82) is 0 Å². The third-order valence-corrected chi connectivity index (χ3v) is 6.16. The molecule has 4 aromatic carbocycles. The fourth-order valence-corrected chi connectivity index (χ4v) is 4.40. The molecule has 0 atom stereocenters. The summed E-state index contributed by atoms with van der Waals surface area (Å²) in [4.78, 5) is 0. The van der Waals surface area contributed by atoms with Crippen LogP contribution in [0, 0.1) is 0 Å². The van der Waals surface area contributed by atoms with E-state index in [0.717, 1.165) is 12.8 Å². The summed E-state index contributed by atoms with van der Waals surface area (Å²) in [7, 11) is 0. The summed E-state index contributed by atoms with van der Waals surface area (Å²) in [5, 5.41) is 0. The molecule has 0 aliphatic carbocycles. The second-order valence-corrected chi connectivity index (χ2v) is 7.98. The van der Waals surface area contributed by atoms with Gasteiger partial charge in [0.1, 0.15) is 0 Å². The Morgan fingerprint density at radius 2 is 0.862 bits per heavy atom. The quantitative estimate of drug-likeness (QED) is 0.318. The molecule has 0 N–H and O–H groups in total. The fourth-order valence-electron chi connectivity index (χ4n) is 4.40. The molecule has 0 aliphatic rings. The number of hydrogen-bond acceptors (Lipinski definition) is 0. The molecule has 0 aliphatic heterocycles. The van der Waals surface area contributed by atoms with E-state index in [4.69, 9.17) is 0 Å². The third-order valence-electron chi connectivity index (χ3n) is 6.16. The SMILES string of the molecule is [Li][C](CCC(c1ccccc1)c1ccccc1)(c1ccccc1)c1ccccc1. The molecular formula is C28H25Li. The monoisotopic (exact) mass is 368 g/mol. The molecule has 0 nitrogen and oxygen atoms in total. The molecule has 4 rings (SSSR count). The van der Waals surface area contributed by atoms with Crippen LogP contribution in [0.25, 0.3) is 0 Å². The topological polar surface area (TPSA) is 0 Å². The molecule has 0 bridgehead atoms. The summed E-state index contributed by atoms with van der Waals surface area (Å²) in [5.74, 6) is 0.393. The molecular weight excluding hydrogens is 343 g/mol. The van der Waals surface area contributed by atoms with E-state index in [-0.39, 0.29) is 4.09 Å². The zero-order valence-corrected chi connectivity index (χ0v) is 17.0. The van der Waals surface area contributed by atoms with Crippen LogP contribution in [0.5, 0.6) is 0 Å². The van der Waals surface area contributed by atoms with E-state index in [1.165, 1.54) is 22.3 Å². The minimum absolute atomic E-state index is 0.0235. The zero-order valence-electron chi connectivity index (χ0n) is 17.0. The van der Waals surface area contributed by atoms with Crippen molar-refractivity contribution in [2.24, 2.45) is 0 Å². The maximum atomic E-state index is 2.39. The van der Waals surface area contributed by atoms with Gasteiger partial charge < -0.3 is 0 Å². The Labute approximate surface area is 183 Å². The van der Waals surface area contributed by atoms with Crippen LogP contribution < -0.4 is 0 Å². The van der Waals surface area contributed by atoms with Crippen LogP contribution in [0.2, 0.25) is 0 Å². The van der Waals surface area contributed by atoms with E-state index in [0.29, 0.717) is 5.92 Å². The summed E-state index contributed by atoms with van der Waals surface area (Å²) >= 11 is 2.39. The number of rotatable bonds is 7. The van der Waals surface area contributed by atoms with Crippen LogP contribution in [-0.4, -0.2) is 17.7 Å². The van der Waals surface area contributed by atoms with Crippen LogP contribution >= 0.6 is 0 Å². The van der Waals surface area contributed by atoms with Gasteiger partial charge in [-0.15, -0.1) is 0 Å². The van der Waals surface area contributed by atoms with E-state index < -0.39 is 0 Å². The van der Waals surface area contributed by atoms with Crippen molar-refractivity contribution >= 4 is 17.7 Å². The Hall–Kier alpha value is -2.52. The molecule has 29 heavy (non-hydrogen) atoms. The summed E-state index contributed by atoms with van der Waals surface area (Å²) < 4.78 is -0.0235. The van der Waals surface area contributed by atoms with Gasteiger partial charge in [0.15, 0.2) is 0 Å². The van der Waals surface area contributed by atoms with Gasteiger partial charge in [0, 0.05) is 0 Å². The van der Waals surface area contributed by atoms with Crippen molar-refractivity contribution in [2.75, 3.05) is 0 Å². The fraction of sp³-hybridized carbons (Fsp3) is 0.143. The summed E-state index contributed by atoms with van der Waals surface area (Å²) in [6.45, 7) is 0. The molecule has 138 valence electrons. The van der Waals surface area contributed by atoms with Crippen molar-refractivity contribution in [3.05, 3.63) is 144 Å². The number of benzene rings is 4. The predicted octanol–water partition coefficient (Wildman–Crippen LogP) is 6.71. The molecule has 0 spiro atoms. The van der Waals surface area contributed by atoms with Crippen molar-refractivity contribution in [1.82, 2.24) is 0 Å². The zero-order chi connectivity index (χ0) is 19.9. The first kappa shape index (κ1) is 19.8. The average molecular weight is 368 g/mol. The van der Waals surface area contributed by atoms with Gasteiger partial charge in [-0.3, -0.25) is 0 Å². The molecule has 0 saturated carbocycles. The Morgan fingerprint density at radius 1 is 0.517 bits per heavy atom. The van der Waals surface area contributed by atoms with Crippen LogP contribution in [0.3, 0.4) is 0 Å². The summed E-state index contributed by atoms with van der Waals surface area (Å²) in [6.07, 6.45) is 2.17. The molecule has 0 saturated heterocycles. The Balaban J connectivity index is 1.70. The third kappa shape index (κ3) is 4.56. The van der Waals surface area contributed by atoms with Crippen molar-refractivity contribution in [3.63, 3.8) is 0 Å². The van der Waals surface area contributed by atoms with Gasteiger partial charge in [-0.1, -0.05) is 0 Å². The van der Waals surface area contributed by atoms with Gasteiger partial charge in [0.2, 0.25) is 0 Å². The van der Waals surface area contributed by atoms with E-state index in [2.05, 4.69) is 139 Å². The van der Waals surface area contributed by atoms with Gasteiger partial charge in [0.05, 0.1) is 0 Å². The Kier molecular flexibility index (Phi) is 6.35. The summed E-state index contributed by atoms with van der Waals surface area (Å²) in [6, 6.07) is 43.8. The molecule has 4 aromatic rings. The van der Waals surface area contributed by atoms with Gasteiger partial charge in [-0.2, -0.15) is 0 Å². The molecule has 0 fully saturated rings. The Bertz CT molecular complexity index is 916. The van der Waals surface area contributed by atoms with Crippen molar-refractivity contribution in [2.45, 2.75) is 22.8 Å². The van der Waals surface area contributed by atoms with E-state index in [1.807, 2.05) is 0 Å². The first-order valence-corrected chi connectivity index (χ1v) is 10.5. The van der Waals surface area contributed by atoms with Gasteiger partial charge >= 0.3 is 184 Å². The number of hydrogen-bond donors (Lipinski definition) is 0. The normalized spacial score (nSPS) is 11.6. The van der Waals surface area contributed by atoms with Crippen molar-refractivity contribution in [3.8, 4) is 0 Å².